The Morgan fingerprint density at radius 3 is 1.57 bits per heavy atom. The van der Waals surface area contributed by atoms with Crippen molar-refractivity contribution in [2.45, 2.75) is 25.9 Å². The molecule has 4 N–H and O–H groups in total. The number of benzene rings is 4. The van der Waals surface area contributed by atoms with Crippen molar-refractivity contribution >= 4 is 24.0 Å². The van der Waals surface area contributed by atoms with E-state index in [2.05, 4.69) is 15.3 Å². The minimum absolute atomic E-state index is 0.0115. The number of carboxylic acids is 1. The van der Waals surface area contributed by atoms with Gasteiger partial charge in [0, 0.05) is 30.6 Å². The van der Waals surface area contributed by atoms with Crippen molar-refractivity contribution in [3.63, 3.8) is 0 Å². The number of aliphatic carboxylic acids is 1. The lowest BCUT2D eigenvalue weighted by Crippen LogP contribution is -2.24. The van der Waals surface area contributed by atoms with Gasteiger partial charge in [-0.2, -0.15) is 0 Å². The first-order valence-electron chi connectivity index (χ1n) is 16.9. The van der Waals surface area contributed by atoms with Crippen LogP contribution in [0.15, 0.2) is 170 Å². The number of rotatable bonds is 11. The van der Waals surface area contributed by atoms with Gasteiger partial charge in [0.2, 0.25) is 5.91 Å². The molecule has 53 heavy (non-hydrogen) atoms. The lowest BCUT2D eigenvalue weighted by Gasteiger charge is -2.14. The Labute approximate surface area is 310 Å². The van der Waals surface area contributed by atoms with E-state index in [0.717, 1.165) is 39.8 Å². The topological polar surface area (TPSA) is 137 Å². The summed E-state index contributed by atoms with van der Waals surface area (Å²) in [5.41, 5.74) is 9.72. The highest BCUT2D eigenvalue weighted by Crippen LogP contribution is 2.25. The molecule has 0 unspecified atom stereocenters. The highest BCUT2D eigenvalue weighted by Gasteiger charge is 2.09. The Morgan fingerprint density at radius 2 is 1.09 bits per heavy atom. The lowest BCUT2D eigenvalue weighted by molar-refractivity contribution is -0.131. The molecule has 0 saturated carbocycles. The van der Waals surface area contributed by atoms with Crippen LogP contribution in [0.4, 0.5) is 0 Å². The van der Waals surface area contributed by atoms with Gasteiger partial charge in [0.05, 0.1) is 18.4 Å². The molecular weight excluding hydrogens is 665 g/mol. The molecule has 0 aliphatic rings. The van der Waals surface area contributed by atoms with E-state index in [1.165, 1.54) is 0 Å². The zero-order chi connectivity index (χ0) is 37.7. The van der Waals surface area contributed by atoms with E-state index in [0.29, 0.717) is 11.5 Å². The molecule has 0 saturated heterocycles. The van der Waals surface area contributed by atoms with Gasteiger partial charge in [0.15, 0.2) is 0 Å². The Kier molecular flexibility index (Phi) is 15.7. The Hall–Kier alpha value is -6.84. The molecule has 0 fully saturated rings. The van der Waals surface area contributed by atoms with Gasteiger partial charge < -0.3 is 25.6 Å². The number of aromatic nitrogens is 2. The number of amides is 1. The Bertz CT molecular complexity index is 2040. The van der Waals surface area contributed by atoms with Crippen molar-refractivity contribution in [3.05, 3.63) is 193 Å². The summed E-state index contributed by atoms with van der Waals surface area (Å²) in [6.45, 7) is 3.89. The predicted molar refractivity (Wildman–Crippen MR) is 209 cm³/mol. The van der Waals surface area contributed by atoms with Gasteiger partial charge in [0.1, 0.15) is 23.0 Å². The number of hydrogen-bond acceptors (Lipinski definition) is 7. The quantitative estimate of drug-likeness (QED) is 0.113. The van der Waals surface area contributed by atoms with Crippen molar-refractivity contribution in [3.8, 4) is 23.0 Å². The lowest BCUT2D eigenvalue weighted by atomic mass is 10.1. The van der Waals surface area contributed by atoms with Crippen molar-refractivity contribution in [2.24, 2.45) is 5.73 Å². The van der Waals surface area contributed by atoms with E-state index in [9.17, 15) is 9.59 Å². The van der Waals surface area contributed by atoms with E-state index >= 15 is 0 Å². The summed E-state index contributed by atoms with van der Waals surface area (Å²) in [7, 11) is 0. The van der Waals surface area contributed by atoms with Gasteiger partial charge in [-0.05, 0) is 96.8 Å². The van der Waals surface area contributed by atoms with Crippen molar-refractivity contribution < 1.29 is 24.2 Å². The van der Waals surface area contributed by atoms with Crippen LogP contribution in [0.5, 0.6) is 23.0 Å². The van der Waals surface area contributed by atoms with E-state index in [1.807, 2.05) is 147 Å². The van der Waals surface area contributed by atoms with Crippen molar-refractivity contribution in [2.75, 3.05) is 0 Å². The molecule has 2 aromatic heterocycles. The standard InChI is InChI=1S/C22H20N2O2.C13H14N2O.C9H8O2/c1-17(24-22(25)13-12-18-7-3-2-4-8-18)19-9-5-10-20(15-19)26-21-11-6-14-23-16-21;1-10(14)11-4-2-5-12(8-11)16-13-6-3-7-15-9-13;10-9(11)7-6-8-4-2-1-3-5-8/h2-17H,1H3,(H,24,25);2-10H,14H2,1H3;1-7H,(H,10,11)/b13-12+;;7-6+/t17-;10-;/m00./s1. The summed E-state index contributed by atoms with van der Waals surface area (Å²) in [5, 5.41) is 11.3. The molecule has 6 aromatic rings. The summed E-state index contributed by atoms with van der Waals surface area (Å²) < 4.78 is 11.4. The fourth-order valence-electron chi connectivity index (χ4n) is 4.61. The monoisotopic (exact) mass is 706 g/mol. The molecule has 268 valence electrons. The molecular formula is C44H42N4O5. The molecule has 0 aliphatic heterocycles. The van der Waals surface area contributed by atoms with Gasteiger partial charge in [-0.1, -0.05) is 84.9 Å². The second-order valence-electron chi connectivity index (χ2n) is 11.6. The summed E-state index contributed by atoms with van der Waals surface area (Å²) in [5.74, 6) is 1.82. The van der Waals surface area contributed by atoms with Crippen molar-refractivity contribution in [1.29, 1.82) is 0 Å². The second-order valence-corrected chi connectivity index (χ2v) is 11.6. The summed E-state index contributed by atoms with van der Waals surface area (Å²) in [6.07, 6.45) is 12.8. The van der Waals surface area contributed by atoms with Crippen LogP contribution in [0.3, 0.4) is 0 Å². The number of carbonyl (C=O) groups excluding carboxylic acids is 1. The molecule has 4 aromatic carbocycles. The number of nitrogens with one attached hydrogen (secondary N) is 1. The normalized spacial score (nSPS) is 11.6. The molecule has 0 bridgehead atoms. The zero-order valence-corrected chi connectivity index (χ0v) is 29.5. The first-order chi connectivity index (χ1) is 25.7. The summed E-state index contributed by atoms with van der Waals surface area (Å²) in [6, 6.07) is 41.7. The number of carbonyl (C=O) groups is 2. The van der Waals surface area contributed by atoms with Crippen LogP contribution in [0.2, 0.25) is 0 Å². The van der Waals surface area contributed by atoms with E-state index in [1.54, 1.807) is 43.0 Å². The maximum atomic E-state index is 12.1. The number of pyridine rings is 2. The van der Waals surface area contributed by atoms with Gasteiger partial charge in [-0.15, -0.1) is 0 Å². The largest absolute Gasteiger partial charge is 0.478 e. The summed E-state index contributed by atoms with van der Waals surface area (Å²) in [4.78, 5) is 30.2. The zero-order valence-electron chi connectivity index (χ0n) is 29.5. The van der Waals surface area contributed by atoms with Crippen LogP contribution < -0.4 is 20.5 Å². The molecule has 9 nitrogen and oxygen atoms in total. The average Bonchev–Trinajstić information content (AvgIpc) is 3.18. The minimum Gasteiger partial charge on any atom is -0.478 e. The highest BCUT2D eigenvalue weighted by atomic mass is 16.5. The number of ether oxygens (including phenoxy) is 2. The molecule has 6 rings (SSSR count). The van der Waals surface area contributed by atoms with Crippen LogP contribution >= 0.6 is 0 Å². The fourth-order valence-corrected chi connectivity index (χ4v) is 4.61. The maximum Gasteiger partial charge on any atom is 0.328 e. The van der Waals surface area contributed by atoms with E-state index < -0.39 is 5.97 Å². The maximum absolute atomic E-state index is 12.1. The van der Waals surface area contributed by atoms with E-state index in [-0.39, 0.29) is 18.0 Å². The number of nitrogens with zero attached hydrogens (tertiary/aromatic N) is 2. The van der Waals surface area contributed by atoms with E-state index in [4.69, 9.17) is 20.3 Å². The molecule has 2 heterocycles. The van der Waals surface area contributed by atoms with Gasteiger partial charge in [-0.3, -0.25) is 14.8 Å². The van der Waals surface area contributed by atoms with Crippen LogP contribution in [0.25, 0.3) is 12.2 Å². The van der Waals surface area contributed by atoms with Crippen LogP contribution in [0, 0.1) is 0 Å². The third-order valence-electron chi connectivity index (χ3n) is 7.29. The first kappa shape index (κ1) is 39.0. The van der Waals surface area contributed by atoms with Crippen LogP contribution in [-0.4, -0.2) is 27.0 Å². The van der Waals surface area contributed by atoms with Crippen molar-refractivity contribution in [1.82, 2.24) is 15.3 Å². The third kappa shape index (κ3) is 14.9. The van der Waals surface area contributed by atoms with Gasteiger partial charge in [0.25, 0.3) is 0 Å². The number of nitrogens with two attached hydrogens (primary N) is 1. The van der Waals surface area contributed by atoms with Crippen LogP contribution in [-0.2, 0) is 9.59 Å². The smallest absolute Gasteiger partial charge is 0.328 e. The minimum atomic E-state index is -0.922. The molecule has 0 aliphatic carbocycles. The number of carboxylic acid groups (broad SMARTS) is 1. The molecule has 2 atom stereocenters. The summed E-state index contributed by atoms with van der Waals surface area (Å²) >= 11 is 0. The molecule has 0 radical (unpaired) electrons. The Balaban J connectivity index is 0.000000197. The highest BCUT2D eigenvalue weighted by molar-refractivity contribution is 5.92. The Morgan fingerprint density at radius 1 is 0.623 bits per heavy atom. The average molecular weight is 707 g/mol. The predicted octanol–water partition coefficient (Wildman–Crippen LogP) is 9.44. The molecule has 1 amide bonds. The SMILES string of the molecule is C[C@H](N)c1cccc(Oc2cccnc2)c1.C[C@H](NC(=O)/C=C/c1ccccc1)c1cccc(Oc2cccnc2)c1.O=C(O)/C=C/c1ccccc1. The van der Waals surface area contributed by atoms with Gasteiger partial charge in [-0.25, -0.2) is 4.79 Å². The molecule has 0 spiro atoms. The van der Waals surface area contributed by atoms with Gasteiger partial charge >= 0.3 is 5.97 Å². The first-order valence-corrected chi connectivity index (χ1v) is 16.9. The molecule has 9 heteroatoms. The number of hydrogen-bond donors (Lipinski definition) is 3. The third-order valence-corrected chi connectivity index (χ3v) is 7.29. The van der Waals surface area contributed by atoms with Crippen LogP contribution in [0.1, 0.15) is 48.2 Å². The fraction of sp³-hybridized carbons (Fsp3) is 0.0909. The second kappa shape index (κ2) is 21.4.